The molecule has 1 aliphatic heterocycles. The number of hydrogen-bond donors (Lipinski definition) is 3. The molecule has 3 aromatic rings. The van der Waals surface area contributed by atoms with Crippen LogP contribution in [0.4, 0.5) is 10.5 Å². The number of hydrogen-bond acceptors (Lipinski definition) is 2. The van der Waals surface area contributed by atoms with Crippen LogP contribution in [-0.2, 0) is 0 Å². The number of urea groups is 1. The highest BCUT2D eigenvalue weighted by atomic mass is 35.5. The number of carbonyl (C=O) groups is 2. The third-order valence-corrected chi connectivity index (χ3v) is 5.72. The maximum atomic E-state index is 13.0. The largest absolute Gasteiger partial charge is 0.350 e. The lowest BCUT2D eigenvalue weighted by Gasteiger charge is -2.32. The van der Waals surface area contributed by atoms with Gasteiger partial charge in [0.1, 0.15) is 5.69 Å². The molecule has 7 heteroatoms. The molecule has 4 rings (SSSR count). The lowest BCUT2D eigenvalue weighted by molar-refractivity contribution is 0.0670. The molecule has 1 fully saturated rings. The average Bonchev–Trinajstić information content (AvgIpc) is 3.17. The lowest BCUT2D eigenvalue weighted by atomic mass is 9.98. The Morgan fingerprint density at radius 1 is 1.17 bits per heavy atom. The molecule has 3 N–H and O–H groups in total. The minimum atomic E-state index is -0.227. The van der Waals surface area contributed by atoms with E-state index in [2.05, 4.69) is 15.6 Å². The highest BCUT2D eigenvalue weighted by Crippen LogP contribution is 2.23. The van der Waals surface area contributed by atoms with E-state index in [0.717, 1.165) is 41.5 Å². The molecule has 30 heavy (non-hydrogen) atoms. The number of aryl methyl sites for hydroxylation is 1. The van der Waals surface area contributed by atoms with E-state index in [-0.39, 0.29) is 17.9 Å². The molecule has 1 atom stereocenters. The van der Waals surface area contributed by atoms with E-state index in [0.29, 0.717) is 23.8 Å². The Kier molecular flexibility index (Phi) is 5.95. The lowest BCUT2D eigenvalue weighted by Crippen LogP contribution is -2.44. The first-order chi connectivity index (χ1) is 14.5. The molecule has 156 valence electrons. The van der Waals surface area contributed by atoms with Crippen LogP contribution in [0.1, 0.15) is 28.9 Å². The Labute approximate surface area is 180 Å². The number of piperidine rings is 1. The predicted octanol–water partition coefficient (Wildman–Crippen LogP) is 4.80. The predicted molar refractivity (Wildman–Crippen MR) is 120 cm³/mol. The summed E-state index contributed by atoms with van der Waals surface area (Å²) >= 11 is 6.04. The standard InChI is InChI=1S/C23H25ClN4O2/c1-15-4-8-19(9-5-15)26-23(30)25-13-16-3-2-10-28(14-16)22(29)21-11-17-6-7-18(24)12-20(17)27-21/h4-9,11-12,16,27H,2-3,10,13-14H2,1H3,(H2,25,26,30). The van der Waals surface area contributed by atoms with Crippen LogP contribution >= 0.6 is 11.6 Å². The molecule has 2 heterocycles. The van der Waals surface area contributed by atoms with Crippen molar-refractivity contribution in [1.29, 1.82) is 0 Å². The number of nitrogens with zero attached hydrogens (tertiary/aromatic N) is 1. The van der Waals surface area contributed by atoms with E-state index >= 15 is 0 Å². The SMILES string of the molecule is Cc1ccc(NC(=O)NCC2CCCN(C(=O)c3cc4ccc(Cl)cc4[nH]3)C2)cc1. The molecule has 1 unspecified atom stereocenters. The van der Waals surface area contributed by atoms with Gasteiger partial charge < -0.3 is 20.5 Å². The summed E-state index contributed by atoms with van der Waals surface area (Å²) in [5.41, 5.74) is 3.33. The molecule has 3 amide bonds. The number of H-pyrrole nitrogens is 1. The second-order valence-corrected chi connectivity index (χ2v) is 8.31. The van der Waals surface area contributed by atoms with Crippen molar-refractivity contribution in [3.8, 4) is 0 Å². The van der Waals surface area contributed by atoms with Gasteiger partial charge in [-0.25, -0.2) is 4.79 Å². The Hall–Kier alpha value is -2.99. The summed E-state index contributed by atoms with van der Waals surface area (Å²) in [5, 5.41) is 7.37. The van der Waals surface area contributed by atoms with Gasteiger partial charge in [0, 0.05) is 41.2 Å². The van der Waals surface area contributed by atoms with Gasteiger partial charge in [0.05, 0.1) is 0 Å². The van der Waals surface area contributed by atoms with Crippen LogP contribution in [0.2, 0.25) is 5.02 Å². The molecule has 1 saturated heterocycles. The minimum absolute atomic E-state index is 0.0175. The topological polar surface area (TPSA) is 77.2 Å². The van der Waals surface area contributed by atoms with E-state index in [1.165, 1.54) is 0 Å². The molecule has 2 aromatic carbocycles. The summed E-state index contributed by atoms with van der Waals surface area (Å²) < 4.78 is 0. The number of benzene rings is 2. The highest BCUT2D eigenvalue weighted by molar-refractivity contribution is 6.31. The molecule has 1 aliphatic rings. The maximum absolute atomic E-state index is 13.0. The highest BCUT2D eigenvalue weighted by Gasteiger charge is 2.25. The molecule has 1 aromatic heterocycles. The number of fused-ring (bicyclic) bond motifs is 1. The van der Waals surface area contributed by atoms with Crippen LogP contribution in [0.15, 0.2) is 48.5 Å². The number of nitrogens with one attached hydrogen (secondary N) is 3. The van der Waals surface area contributed by atoms with E-state index in [4.69, 9.17) is 11.6 Å². The van der Waals surface area contributed by atoms with Crippen molar-refractivity contribution in [2.24, 2.45) is 5.92 Å². The summed E-state index contributed by atoms with van der Waals surface area (Å²) in [6.45, 7) is 3.88. The van der Waals surface area contributed by atoms with Gasteiger partial charge in [0.15, 0.2) is 0 Å². The van der Waals surface area contributed by atoms with Crippen LogP contribution < -0.4 is 10.6 Å². The van der Waals surface area contributed by atoms with Crippen LogP contribution in [0.3, 0.4) is 0 Å². The molecule has 6 nitrogen and oxygen atoms in total. The Morgan fingerprint density at radius 3 is 2.77 bits per heavy atom. The zero-order valence-electron chi connectivity index (χ0n) is 16.9. The van der Waals surface area contributed by atoms with Crippen molar-refractivity contribution in [2.75, 3.05) is 25.0 Å². The van der Waals surface area contributed by atoms with Crippen LogP contribution in [0, 0.1) is 12.8 Å². The zero-order valence-corrected chi connectivity index (χ0v) is 17.6. The summed E-state index contributed by atoms with van der Waals surface area (Å²) in [4.78, 5) is 30.2. The van der Waals surface area contributed by atoms with Crippen LogP contribution in [0.25, 0.3) is 10.9 Å². The van der Waals surface area contributed by atoms with Crippen molar-refractivity contribution >= 4 is 40.1 Å². The Morgan fingerprint density at radius 2 is 1.97 bits per heavy atom. The van der Waals surface area contributed by atoms with Crippen LogP contribution in [0.5, 0.6) is 0 Å². The second kappa shape index (κ2) is 8.79. The van der Waals surface area contributed by atoms with Gasteiger partial charge >= 0.3 is 6.03 Å². The van der Waals surface area contributed by atoms with E-state index in [1.807, 2.05) is 60.4 Å². The van der Waals surface area contributed by atoms with Crippen molar-refractivity contribution in [1.82, 2.24) is 15.2 Å². The normalized spacial score (nSPS) is 16.5. The molecule has 0 aliphatic carbocycles. The van der Waals surface area contributed by atoms with Crippen molar-refractivity contribution in [3.63, 3.8) is 0 Å². The van der Waals surface area contributed by atoms with Crippen LogP contribution in [-0.4, -0.2) is 41.5 Å². The van der Waals surface area contributed by atoms with Gasteiger partial charge in [-0.15, -0.1) is 0 Å². The third-order valence-electron chi connectivity index (χ3n) is 5.48. The Bertz CT molecular complexity index is 1060. The van der Waals surface area contributed by atoms with Gasteiger partial charge in [-0.1, -0.05) is 35.4 Å². The first kappa shape index (κ1) is 20.3. The van der Waals surface area contributed by atoms with Crippen molar-refractivity contribution in [3.05, 3.63) is 64.8 Å². The molecular formula is C23H25ClN4O2. The molecule has 0 spiro atoms. The molecule has 0 saturated carbocycles. The quantitative estimate of drug-likeness (QED) is 0.562. The number of aromatic amines is 1. The number of likely N-dealkylation sites (tertiary alicyclic amines) is 1. The fourth-order valence-electron chi connectivity index (χ4n) is 3.85. The Balaban J connectivity index is 1.32. The summed E-state index contributed by atoms with van der Waals surface area (Å²) in [5.74, 6) is 0.210. The fraction of sp³-hybridized carbons (Fsp3) is 0.304. The monoisotopic (exact) mass is 424 g/mol. The van der Waals surface area contributed by atoms with Crippen molar-refractivity contribution < 1.29 is 9.59 Å². The summed E-state index contributed by atoms with van der Waals surface area (Å²) in [6, 6.07) is 14.9. The summed E-state index contributed by atoms with van der Waals surface area (Å²) in [7, 11) is 0. The molecular weight excluding hydrogens is 400 g/mol. The van der Waals surface area contributed by atoms with Gasteiger partial charge in [-0.2, -0.15) is 0 Å². The van der Waals surface area contributed by atoms with E-state index in [9.17, 15) is 9.59 Å². The van der Waals surface area contributed by atoms with E-state index in [1.54, 1.807) is 0 Å². The third kappa shape index (κ3) is 4.76. The first-order valence-electron chi connectivity index (χ1n) is 10.2. The number of halogens is 1. The smallest absolute Gasteiger partial charge is 0.319 e. The average molecular weight is 425 g/mol. The number of anilines is 1. The second-order valence-electron chi connectivity index (χ2n) is 7.88. The van der Waals surface area contributed by atoms with Crippen molar-refractivity contribution in [2.45, 2.75) is 19.8 Å². The molecule has 0 bridgehead atoms. The van der Waals surface area contributed by atoms with Gasteiger partial charge in [0.2, 0.25) is 0 Å². The first-order valence-corrected chi connectivity index (χ1v) is 10.5. The molecule has 0 radical (unpaired) electrons. The number of rotatable bonds is 4. The summed E-state index contributed by atoms with van der Waals surface area (Å²) in [6.07, 6.45) is 1.90. The maximum Gasteiger partial charge on any atom is 0.319 e. The van der Waals surface area contributed by atoms with Gasteiger partial charge in [-0.3, -0.25) is 4.79 Å². The number of carbonyl (C=O) groups excluding carboxylic acids is 2. The number of aromatic nitrogens is 1. The van der Waals surface area contributed by atoms with Gasteiger partial charge in [0.25, 0.3) is 5.91 Å². The van der Waals surface area contributed by atoms with E-state index < -0.39 is 0 Å². The minimum Gasteiger partial charge on any atom is -0.350 e. The zero-order chi connectivity index (χ0) is 21.1. The van der Waals surface area contributed by atoms with Gasteiger partial charge in [-0.05, 0) is 56.0 Å². The fourth-order valence-corrected chi connectivity index (χ4v) is 4.02. The number of amides is 3.